The van der Waals surface area contributed by atoms with Crippen LogP contribution in [0.4, 0.5) is 0 Å². The van der Waals surface area contributed by atoms with E-state index in [0.29, 0.717) is 0 Å². The summed E-state index contributed by atoms with van der Waals surface area (Å²) >= 11 is 2.55. The summed E-state index contributed by atoms with van der Waals surface area (Å²) in [6.07, 6.45) is 3.76. The Kier molecular flexibility index (Phi) is 9.48. The van der Waals surface area contributed by atoms with Crippen molar-refractivity contribution < 1.29 is 19.4 Å². The van der Waals surface area contributed by atoms with Crippen LogP contribution in [0.5, 0.6) is 0 Å². The van der Waals surface area contributed by atoms with Gasteiger partial charge >= 0.3 is 309 Å². The van der Waals surface area contributed by atoms with Gasteiger partial charge in [-0.3, -0.25) is 4.98 Å². The normalized spacial score (nSPS) is 11.8. The number of aromatic nitrogens is 5. The van der Waals surface area contributed by atoms with Crippen molar-refractivity contribution in [3.8, 4) is 50.7 Å². The topological polar surface area (TPSA) is 40.6 Å². The Bertz CT molecular complexity index is 3440. The molecule has 0 radical (unpaired) electrons. The van der Waals surface area contributed by atoms with Crippen molar-refractivity contribution >= 4 is 51.3 Å². The molecule has 0 unspecified atom stereocenters. The second-order valence-corrected chi connectivity index (χ2v) is 21.6. The van der Waals surface area contributed by atoms with Crippen LogP contribution in [0.25, 0.3) is 83.5 Å². The summed E-state index contributed by atoms with van der Waals surface area (Å²) in [6.45, 7) is 4.95. The van der Waals surface area contributed by atoms with Crippen molar-refractivity contribution in [3.05, 3.63) is 216 Å². The predicted molar refractivity (Wildman–Crippen MR) is 255 cm³/mol. The molecule has 11 rings (SSSR count). The molecule has 62 heavy (non-hydrogen) atoms. The molecule has 7 aromatic carbocycles. The summed E-state index contributed by atoms with van der Waals surface area (Å²) in [5.41, 5.74) is 13.6. The Hall–Kier alpha value is -6.98. The molecule has 0 aliphatic heterocycles. The van der Waals surface area contributed by atoms with Crippen LogP contribution in [-0.4, -0.2) is 31.7 Å². The van der Waals surface area contributed by atoms with Crippen molar-refractivity contribution in [2.24, 2.45) is 0 Å². The molecule has 4 heterocycles. The summed E-state index contributed by atoms with van der Waals surface area (Å²) in [5, 5.41) is 5.17. The van der Waals surface area contributed by atoms with E-state index in [-0.39, 0.29) is 0 Å². The number of hydrogen-bond acceptors (Lipinski definition) is 2. The van der Waals surface area contributed by atoms with Crippen LogP contribution in [0.1, 0.15) is 0 Å². The van der Waals surface area contributed by atoms with Crippen LogP contribution >= 0.6 is 0 Å². The third-order valence-electron chi connectivity index (χ3n) is 12.3. The number of benzene rings is 7. The summed E-state index contributed by atoms with van der Waals surface area (Å²) in [7, 11) is -2.28. The van der Waals surface area contributed by atoms with Gasteiger partial charge in [0.2, 0.25) is 0 Å². The van der Waals surface area contributed by atoms with Crippen molar-refractivity contribution in [2.45, 2.75) is 13.1 Å². The average Bonchev–Trinajstić information content (AvgIpc) is 3.83. The maximum absolute atomic E-state index is 5.02. The molecule has 0 amide bonds. The van der Waals surface area contributed by atoms with Crippen molar-refractivity contribution in [3.63, 3.8) is 0 Å². The molecule has 0 aliphatic rings. The molecule has 300 valence electrons. The zero-order valence-corrected chi connectivity index (χ0v) is 37.5. The molecule has 0 atom stereocenters. The van der Waals surface area contributed by atoms with Crippen LogP contribution in [0, 0.1) is 3.80 Å². The van der Waals surface area contributed by atoms with Crippen LogP contribution < -0.4 is 10.4 Å². The Balaban J connectivity index is 1.05. The molecule has 0 saturated heterocycles. The van der Waals surface area contributed by atoms with Gasteiger partial charge in [-0.15, -0.1) is 0 Å². The molecule has 4 aromatic heterocycles. The second-order valence-electron chi connectivity index (χ2n) is 16.2. The van der Waals surface area contributed by atoms with E-state index in [2.05, 4.69) is 233 Å². The van der Waals surface area contributed by atoms with Crippen LogP contribution in [-0.2, 0) is 19.4 Å². The number of hydrogen-bond donors (Lipinski definition) is 0. The number of rotatable bonds is 8. The number of nitrogens with zero attached hydrogens (tertiary/aromatic N) is 5. The van der Waals surface area contributed by atoms with E-state index in [1.54, 1.807) is 0 Å². The number of pyridine rings is 2. The number of imidazole rings is 1. The predicted octanol–water partition coefficient (Wildman–Crippen LogP) is 12.2. The van der Waals surface area contributed by atoms with Gasteiger partial charge in [-0.25, -0.2) is 0 Å². The van der Waals surface area contributed by atoms with Gasteiger partial charge in [0.1, 0.15) is 0 Å². The SMILES string of the molecule is C[Si](C)(c1cccc(-n2[c](=[Pt])n(-c3c(-c4ccccc4)cccc3-c3ccccc3)c3ccccc32)c1)c1ccc2c3ccccc3n(-c3ccc(-c4ccccn4)cn3)c2c1. The molecule has 0 fully saturated rings. The first-order chi connectivity index (χ1) is 30.5. The van der Waals surface area contributed by atoms with Gasteiger partial charge in [0.05, 0.1) is 5.69 Å². The van der Waals surface area contributed by atoms with Crippen molar-refractivity contribution in [2.75, 3.05) is 0 Å². The molecule has 0 bridgehead atoms. The molecule has 0 aliphatic carbocycles. The third kappa shape index (κ3) is 6.37. The molecule has 11 aromatic rings. The summed E-state index contributed by atoms with van der Waals surface area (Å²) < 4.78 is 8.32. The van der Waals surface area contributed by atoms with E-state index < -0.39 is 8.07 Å². The maximum atomic E-state index is 5.02. The first kappa shape index (κ1) is 38.0. The van der Waals surface area contributed by atoms with Gasteiger partial charge < -0.3 is 0 Å². The molecular formula is C55H41N5PtSi. The molecule has 0 saturated carbocycles. The fourth-order valence-electron chi connectivity index (χ4n) is 9.07. The number of para-hydroxylation sites is 4. The Morgan fingerprint density at radius 3 is 1.73 bits per heavy atom. The van der Waals surface area contributed by atoms with E-state index in [0.717, 1.165) is 48.6 Å². The fourth-order valence-corrected chi connectivity index (χ4v) is 12.5. The summed E-state index contributed by atoms with van der Waals surface area (Å²) in [6, 6.07) is 72.3. The minimum atomic E-state index is -2.28. The van der Waals surface area contributed by atoms with Crippen LogP contribution in [0.15, 0.2) is 213 Å². The van der Waals surface area contributed by atoms with Gasteiger partial charge in [0, 0.05) is 18.0 Å². The molecule has 0 N–H and O–H groups in total. The molecule has 0 spiro atoms. The fraction of sp³-hybridized carbons (Fsp3) is 0.0364. The van der Waals surface area contributed by atoms with Gasteiger partial charge in [-0.1, -0.05) is 18.2 Å². The molecule has 7 heteroatoms. The molecular weight excluding hydrogens is 954 g/mol. The number of fused-ring (bicyclic) bond motifs is 4. The Morgan fingerprint density at radius 2 is 1.05 bits per heavy atom. The van der Waals surface area contributed by atoms with Gasteiger partial charge in [-0.05, 0) is 18.2 Å². The zero-order chi connectivity index (χ0) is 41.8. The summed E-state index contributed by atoms with van der Waals surface area (Å²) in [4.78, 5) is 9.58. The summed E-state index contributed by atoms with van der Waals surface area (Å²) in [5.74, 6) is 0.890. The third-order valence-corrected chi connectivity index (χ3v) is 16.8. The van der Waals surface area contributed by atoms with Gasteiger partial charge in [0.15, 0.2) is 0 Å². The standard InChI is InChI=1S/C55H41N5Si.Pt/c1-61(2,44-31-32-48-47-23-9-10-27-50(47)60(53(48)36-44)54-33-30-41(37-57-54)49-26-13-14-34-56-49)43-22-15-21-42(35-43)58-38-59(52-29-12-11-28-51(52)58)55-45(39-17-5-3-6-18-39)24-16-25-46(55)40-19-7-4-8-20-40;/h3-37H,1-2H3;. The monoisotopic (exact) mass is 994 g/mol. The van der Waals surface area contributed by atoms with E-state index in [1.807, 2.05) is 30.6 Å². The average molecular weight is 995 g/mol. The van der Waals surface area contributed by atoms with Gasteiger partial charge in [0.25, 0.3) is 0 Å². The Labute approximate surface area is 372 Å². The second kappa shape index (κ2) is 15.5. The van der Waals surface area contributed by atoms with E-state index in [9.17, 15) is 0 Å². The van der Waals surface area contributed by atoms with Crippen LogP contribution in [0.2, 0.25) is 13.1 Å². The quantitative estimate of drug-likeness (QED) is 0.142. The van der Waals surface area contributed by atoms with E-state index >= 15 is 0 Å². The Morgan fingerprint density at radius 1 is 0.435 bits per heavy atom. The zero-order valence-electron chi connectivity index (χ0n) is 34.3. The van der Waals surface area contributed by atoms with E-state index in [1.165, 1.54) is 49.1 Å². The van der Waals surface area contributed by atoms with Crippen molar-refractivity contribution in [1.29, 1.82) is 0 Å². The first-order valence-corrected chi connectivity index (χ1v) is 25.0. The molecule has 5 nitrogen and oxygen atoms in total. The van der Waals surface area contributed by atoms with Crippen LogP contribution in [0.3, 0.4) is 0 Å². The first-order valence-electron chi connectivity index (χ1n) is 20.9. The minimum absolute atomic E-state index is 0.890. The van der Waals surface area contributed by atoms with Crippen molar-refractivity contribution in [1.82, 2.24) is 23.7 Å². The van der Waals surface area contributed by atoms with E-state index in [4.69, 9.17) is 4.98 Å². The van der Waals surface area contributed by atoms with Gasteiger partial charge in [-0.2, -0.15) is 0 Å².